The summed E-state index contributed by atoms with van der Waals surface area (Å²) in [6.07, 6.45) is 2.31. The summed E-state index contributed by atoms with van der Waals surface area (Å²) in [6, 6.07) is 11.6. The molecule has 0 unspecified atom stereocenters. The molecule has 0 aliphatic rings. The number of carbonyl (C=O) groups excluding carboxylic acids is 2. The largest absolute Gasteiger partial charge is 0.352 e. The molecule has 0 bridgehead atoms. The molecule has 6 heteroatoms. The van der Waals surface area contributed by atoms with Crippen molar-refractivity contribution in [3.8, 4) is 0 Å². The van der Waals surface area contributed by atoms with E-state index in [-0.39, 0.29) is 11.8 Å². The average Bonchev–Trinajstić information content (AvgIpc) is 2.55. The topological polar surface area (TPSA) is 62.3 Å². The lowest BCUT2D eigenvalue weighted by atomic mass is 10.1. The third-order valence-corrected chi connectivity index (χ3v) is 3.84. The lowest BCUT2D eigenvalue weighted by Crippen LogP contribution is -2.31. The summed E-state index contributed by atoms with van der Waals surface area (Å²) in [7, 11) is 1.60. The first kappa shape index (κ1) is 17.1. The summed E-state index contributed by atoms with van der Waals surface area (Å²) in [5, 5.41) is 2.87. The van der Waals surface area contributed by atoms with Crippen LogP contribution in [0.1, 0.15) is 22.8 Å². The Morgan fingerprint density at radius 1 is 1.26 bits per heavy atom. The average molecular weight is 376 g/mol. The molecule has 2 aromatic rings. The van der Waals surface area contributed by atoms with E-state index >= 15 is 0 Å². The second-order valence-electron chi connectivity index (χ2n) is 5.09. The van der Waals surface area contributed by atoms with Gasteiger partial charge in [0.15, 0.2) is 0 Å². The number of pyridine rings is 1. The molecule has 2 amide bonds. The van der Waals surface area contributed by atoms with Gasteiger partial charge in [0, 0.05) is 31.2 Å². The van der Waals surface area contributed by atoms with E-state index < -0.39 is 0 Å². The molecule has 0 saturated carbocycles. The number of aromatic nitrogens is 1. The Morgan fingerprint density at radius 2 is 1.96 bits per heavy atom. The van der Waals surface area contributed by atoms with Crippen LogP contribution in [0.5, 0.6) is 0 Å². The van der Waals surface area contributed by atoms with Gasteiger partial charge in [-0.15, -0.1) is 0 Å². The Balaban J connectivity index is 2.09. The van der Waals surface area contributed by atoms with Crippen molar-refractivity contribution in [1.82, 2.24) is 10.3 Å². The summed E-state index contributed by atoms with van der Waals surface area (Å²) in [6.45, 7) is 1.94. The number of rotatable bonds is 5. The van der Waals surface area contributed by atoms with E-state index in [2.05, 4.69) is 26.2 Å². The number of nitrogens with one attached hydrogen (secondary N) is 1. The molecule has 0 saturated heterocycles. The fraction of sp³-hybridized carbons (Fsp3) is 0.235. The Bertz CT molecular complexity index is 704. The third kappa shape index (κ3) is 4.63. The predicted molar refractivity (Wildman–Crippen MR) is 93.5 cm³/mol. The molecule has 0 aliphatic heterocycles. The molecule has 1 aromatic heterocycles. The number of halogens is 1. The maximum atomic E-state index is 12.4. The first-order chi connectivity index (χ1) is 11.0. The van der Waals surface area contributed by atoms with Crippen LogP contribution in [0.3, 0.4) is 0 Å². The maximum Gasteiger partial charge on any atom is 0.255 e. The molecule has 1 aromatic carbocycles. The minimum absolute atomic E-state index is 0.182. The van der Waals surface area contributed by atoms with Crippen molar-refractivity contribution in [3.63, 3.8) is 0 Å². The Morgan fingerprint density at radius 3 is 2.61 bits per heavy atom. The van der Waals surface area contributed by atoms with Crippen molar-refractivity contribution in [2.45, 2.75) is 13.3 Å². The maximum absolute atomic E-state index is 12.4. The number of carbonyl (C=O) groups is 2. The zero-order chi connectivity index (χ0) is 16.8. The summed E-state index contributed by atoms with van der Waals surface area (Å²) in [5.74, 6) is -0.0890. The molecule has 0 radical (unpaired) electrons. The number of hydrogen-bond acceptors (Lipinski definition) is 3. The minimum atomic E-state index is -0.252. The summed E-state index contributed by atoms with van der Waals surface area (Å²) < 4.78 is 0.686. The molecular weight excluding hydrogens is 358 g/mol. The van der Waals surface area contributed by atoms with Crippen LogP contribution in [-0.2, 0) is 11.2 Å². The van der Waals surface area contributed by atoms with Crippen LogP contribution in [0, 0.1) is 0 Å². The zero-order valence-electron chi connectivity index (χ0n) is 13.0. The van der Waals surface area contributed by atoms with Crippen molar-refractivity contribution >= 4 is 33.6 Å². The van der Waals surface area contributed by atoms with Crippen molar-refractivity contribution in [2.75, 3.05) is 18.5 Å². The highest BCUT2D eigenvalue weighted by Crippen LogP contribution is 2.21. The highest BCUT2D eigenvalue weighted by Gasteiger charge is 2.18. The minimum Gasteiger partial charge on any atom is -0.352 e. The SMILES string of the molecule is CC(=O)N(C)c1ncc(Br)cc1C(=O)NCCc1ccccc1. The quantitative estimate of drug-likeness (QED) is 0.873. The summed E-state index contributed by atoms with van der Waals surface area (Å²) >= 11 is 3.31. The van der Waals surface area contributed by atoms with Gasteiger partial charge in [-0.1, -0.05) is 30.3 Å². The highest BCUT2D eigenvalue weighted by atomic mass is 79.9. The number of hydrogen-bond donors (Lipinski definition) is 1. The molecule has 2 rings (SSSR count). The normalized spacial score (nSPS) is 10.2. The van der Waals surface area contributed by atoms with Crippen molar-refractivity contribution in [2.24, 2.45) is 0 Å². The van der Waals surface area contributed by atoms with Crippen molar-refractivity contribution < 1.29 is 9.59 Å². The van der Waals surface area contributed by atoms with Crippen molar-refractivity contribution in [1.29, 1.82) is 0 Å². The molecule has 5 nitrogen and oxygen atoms in total. The Kier molecular flexibility index (Phi) is 5.87. The molecule has 0 fully saturated rings. The fourth-order valence-electron chi connectivity index (χ4n) is 2.08. The Hall–Kier alpha value is -2.21. The number of anilines is 1. The molecule has 1 N–H and O–H groups in total. The van der Waals surface area contributed by atoms with Gasteiger partial charge >= 0.3 is 0 Å². The van der Waals surface area contributed by atoms with E-state index in [1.165, 1.54) is 11.8 Å². The van der Waals surface area contributed by atoms with Gasteiger partial charge in [0.2, 0.25) is 5.91 Å². The number of amides is 2. The first-order valence-electron chi connectivity index (χ1n) is 7.21. The van der Waals surface area contributed by atoms with Gasteiger partial charge in [-0.2, -0.15) is 0 Å². The van der Waals surface area contributed by atoms with E-state index in [1.54, 1.807) is 19.3 Å². The van der Waals surface area contributed by atoms with Crippen LogP contribution in [0.15, 0.2) is 47.1 Å². The van der Waals surface area contributed by atoms with Crippen LogP contribution in [-0.4, -0.2) is 30.4 Å². The lowest BCUT2D eigenvalue weighted by Gasteiger charge is -2.17. The smallest absolute Gasteiger partial charge is 0.255 e. The van der Waals surface area contributed by atoms with Crippen LogP contribution in [0.2, 0.25) is 0 Å². The Labute approximate surface area is 143 Å². The number of nitrogens with zero attached hydrogens (tertiary/aromatic N) is 2. The third-order valence-electron chi connectivity index (χ3n) is 3.41. The van der Waals surface area contributed by atoms with Crippen LogP contribution < -0.4 is 10.2 Å². The number of benzene rings is 1. The molecule has 0 aliphatic carbocycles. The fourth-order valence-corrected chi connectivity index (χ4v) is 2.41. The predicted octanol–water partition coefficient (Wildman–Crippen LogP) is 2.80. The molecule has 120 valence electrons. The zero-order valence-corrected chi connectivity index (χ0v) is 14.6. The van der Waals surface area contributed by atoms with Gasteiger partial charge in [-0.05, 0) is 34.0 Å². The second kappa shape index (κ2) is 7.87. The van der Waals surface area contributed by atoms with E-state index in [0.717, 1.165) is 12.0 Å². The standard InChI is InChI=1S/C17H18BrN3O2/c1-12(22)21(2)16-15(10-14(18)11-20-16)17(23)19-9-8-13-6-4-3-5-7-13/h3-7,10-11H,8-9H2,1-2H3,(H,19,23). The lowest BCUT2D eigenvalue weighted by molar-refractivity contribution is -0.116. The van der Waals surface area contributed by atoms with Gasteiger partial charge in [-0.3, -0.25) is 14.5 Å². The highest BCUT2D eigenvalue weighted by molar-refractivity contribution is 9.10. The van der Waals surface area contributed by atoms with E-state index in [0.29, 0.717) is 22.4 Å². The second-order valence-corrected chi connectivity index (χ2v) is 6.01. The van der Waals surface area contributed by atoms with Gasteiger partial charge in [-0.25, -0.2) is 4.98 Å². The summed E-state index contributed by atoms with van der Waals surface area (Å²) in [5.41, 5.74) is 1.52. The molecule has 1 heterocycles. The molecule has 0 spiro atoms. The van der Waals surface area contributed by atoms with Gasteiger partial charge in [0.05, 0.1) is 5.56 Å². The first-order valence-corrected chi connectivity index (χ1v) is 8.00. The van der Waals surface area contributed by atoms with Crippen molar-refractivity contribution in [3.05, 3.63) is 58.2 Å². The van der Waals surface area contributed by atoms with Crippen LogP contribution in [0.25, 0.3) is 0 Å². The summed E-state index contributed by atoms with van der Waals surface area (Å²) in [4.78, 5) is 29.5. The molecule has 0 atom stereocenters. The van der Waals surface area contributed by atoms with Crippen LogP contribution in [0.4, 0.5) is 5.82 Å². The molecular formula is C17H18BrN3O2. The van der Waals surface area contributed by atoms with Gasteiger partial charge in [0.25, 0.3) is 5.91 Å². The molecule has 23 heavy (non-hydrogen) atoms. The van der Waals surface area contributed by atoms with E-state index in [4.69, 9.17) is 0 Å². The van der Waals surface area contributed by atoms with E-state index in [9.17, 15) is 9.59 Å². The monoisotopic (exact) mass is 375 g/mol. The van der Waals surface area contributed by atoms with E-state index in [1.807, 2.05) is 30.3 Å². The van der Waals surface area contributed by atoms with Crippen LogP contribution >= 0.6 is 15.9 Å². The van der Waals surface area contributed by atoms with Gasteiger partial charge in [0.1, 0.15) is 5.82 Å². The van der Waals surface area contributed by atoms with Gasteiger partial charge < -0.3 is 5.32 Å².